The molecule has 7 heteroatoms. The average molecular weight is 380 g/mol. The van der Waals surface area contributed by atoms with Gasteiger partial charge in [-0.2, -0.15) is 0 Å². The Bertz CT molecular complexity index is 1010. The number of methoxy groups -OCH3 is 2. The van der Waals surface area contributed by atoms with E-state index in [0.717, 1.165) is 11.1 Å². The molecule has 1 fully saturated rings. The van der Waals surface area contributed by atoms with Gasteiger partial charge >= 0.3 is 0 Å². The van der Waals surface area contributed by atoms with Crippen LogP contribution in [-0.2, 0) is 14.4 Å². The summed E-state index contributed by atoms with van der Waals surface area (Å²) in [4.78, 5) is 32.8. The molecular weight excluding hydrogens is 360 g/mol. The van der Waals surface area contributed by atoms with Crippen LogP contribution in [0.25, 0.3) is 0 Å². The third-order valence-electron chi connectivity index (χ3n) is 5.09. The van der Waals surface area contributed by atoms with Gasteiger partial charge in [-0.25, -0.2) is 4.90 Å². The summed E-state index contributed by atoms with van der Waals surface area (Å²) in [5, 5.41) is 4.05. The zero-order valence-corrected chi connectivity index (χ0v) is 16.1. The lowest BCUT2D eigenvalue weighted by atomic mass is 9.93. The van der Waals surface area contributed by atoms with Crippen LogP contribution in [0.3, 0.4) is 0 Å². The monoisotopic (exact) mass is 380 g/mol. The van der Waals surface area contributed by atoms with E-state index in [0.29, 0.717) is 28.5 Å². The first-order chi connectivity index (χ1) is 13.5. The second kappa shape index (κ2) is 6.67. The van der Waals surface area contributed by atoms with Crippen molar-refractivity contribution in [2.45, 2.75) is 20.0 Å². The van der Waals surface area contributed by atoms with Gasteiger partial charge in [0, 0.05) is 5.56 Å². The Morgan fingerprint density at radius 2 is 1.79 bits per heavy atom. The number of hydrogen-bond acceptors (Lipinski definition) is 6. The number of carbonyl (C=O) groups is 2. The lowest BCUT2D eigenvalue weighted by Gasteiger charge is -2.18. The van der Waals surface area contributed by atoms with Crippen molar-refractivity contribution >= 4 is 23.2 Å². The van der Waals surface area contributed by atoms with Crippen LogP contribution in [0.2, 0.25) is 0 Å². The van der Waals surface area contributed by atoms with Crippen LogP contribution in [0, 0.1) is 19.8 Å². The molecule has 0 unspecified atom stereocenters. The highest BCUT2D eigenvalue weighted by Gasteiger charge is 2.56. The van der Waals surface area contributed by atoms with Crippen molar-refractivity contribution in [2.75, 3.05) is 19.1 Å². The Morgan fingerprint density at radius 1 is 1.00 bits per heavy atom. The molecule has 0 radical (unpaired) electrons. The molecule has 1 saturated heterocycles. The van der Waals surface area contributed by atoms with Gasteiger partial charge in [0.1, 0.15) is 23.1 Å². The molecule has 144 valence electrons. The fourth-order valence-electron chi connectivity index (χ4n) is 3.71. The van der Waals surface area contributed by atoms with E-state index in [-0.39, 0.29) is 5.91 Å². The number of oxime groups is 1. The smallest absolute Gasteiger partial charge is 0.278 e. The molecule has 28 heavy (non-hydrogen) atoms. The molecule has 0 bridgehead atoms. The molecule has 0 aromatic heterocycles. The van der Waals surface area contributed by atoms with E-state index in [4.69, 9.17) is 14.3 Å². The summed E-state index contributed by atoms with van der Waals surface area (Å²) in [6.07, 6.45) is -0.973. The van der Waals surface area contributed by atoms with Gasteiger partial charge in [0.15, 0.2) is 0 Å². The topological polar surface area (TPSA) is 77.4 Å². The molecule has 2 aliphatic rings. The third-order valence-corrected chi connectivity index (χ3v) is 5.09. The fourth-order valence-corrected chi connectivity index (χ4v) is 3.71. The van der Waals surface area contributed by atoms with Gasteiger partial charge in [-0.3, -0.25) is 9.59 Å². The Kier molecular flexibility index (Phi) is 4.30. The Hall–Kier alpha value is -3.35. The summed E-state index contributed by atoms with van der Waals surface area (Å²) in [6, 6.07) is 10.8. The van der Waals surface area contributed by atoms with Gasteiger partial charge in [-0.15, -0.1) is 0 Å². The Balaban J connectivity index is 1.75. The molecule has 2 amide bonds. The molecule has 2 aromatic carbocycles. The standard InChI is InChI=1S/C21H20N2O5/c1-11-5-7-15(12(2)9-11)23-20(24)17-18(22-28-19(17)21(23)25)14-10-13(26-3)6-8-16(14)27-4/h5-10,17,19H,1-4H3/t17-,19+/m0/s1. The second-order valence-electron chi connectivity index (χ2n) is 6.85. The van der Waals surface area contributed by atoms with E-state index in [9.17, 15) is 9.59 Å². The summed E-state index contributed by atoms with van der Waals surface area (Å²) in [6.45, 7) is 3.83. The Morgan fingerprint density at radius 3 is 2.46 bits per heavy atom. The summed E-state index contributed by atoms with van der Waals surface area (Å²) >= 11 is 0. The van der Waals surface area contributed by atoms with Gasteiger partial charge in [-0.1, -0.05) is 22.9 Å². The van der Waals surface area contributed by atoms with Crippen molar-refractivity contribution in [3.05, 3.63) is 53.1 Å². The highest BCUT2D eigenvalue weighted by atomic mass is 16.7. The first-order valence-corrected chi connectivity index (χ1v) is 8.87. The molecule has 2 aliphatic heterocycles. The Labute approximate surface area is 162 Å². The van der Waals surface area contributed by atoms with Crippen LogP contribution in [-0.4, -0.2) is 37.8 Å². The highest BCUT2D eigenvalue weighted by molar-refractivity contribution is 6.33. The lowest BCUT2D eigenvalue weighted by Crippen LogP contribution is -2.33. The van der Waals surface area contributed by atoms with Crippen LogP contribution in [0.15, 0.2) is 41.6 Å². The van der Waals surface area contributed by atoms with Gasteiger partial charge in [-0.05, 0) is 43.7 Å². The van der Waals surface area contributed by atoms with Crippen LogP contribution < -0.4 is 14.4 Å². The number of amides is 2. The van der Waals surface area contributed by atoms with Crippen LogP contribution >= 0.6 is 0 Å². The highest BCUT2D eigenvalue weighted by Crippen LogP contribution is 2.38. The molecule has 0 aliphatic carbocycles. The maximum atomic E-state index is 13.2. The normalized spacial score (nSPS) is 20.7. The summed E-state index contributed by atoms with van der Waals surface area (Å²) in [5.41, 5.74) is 3.40. The molecule has 7 nitrogen and oxygen atoms in total. The number of fused-ring (bicyclic) bond motifs is 1. The van der Waals surface area contributed by atoms with Crippen molar-refractivity contribution in [1.29, 1.82) is 0 Å². The molecule has 0 spiro atoms. The minimum absolute atomic E-state index is 0.358. The van der Waals surface area contributed by atoms with Crippen LogP contribution in [0.5, 0.6) is 11.5 Å². The van der Waals surface area contributed by atoms with E-state index in [1.807, 2.05) is 26.0 Å². The summed E-state index contributed by atoms with van der Waals surface area (Å²) < 4.78 is 10.7. The molecular formula is C21H20N2O5. The van der Waals surface area contributed by atoms with E-state index < -0.39 is 17.9 Å². The number of ether oxygens (including phenoxy) is 2. The van der Waals surface area contributed by atoms with Crippen LogP contribution in [0.4, 0.5) is 5.69 Å². The molecule has 2 atom stereocenters. The quantitative estimate of drug-likeness (QED) is 0.762. The first-order valence-electron chi connectivity index (χ1n) is 8.87. The largest absolute Gasteiger partial charge is 0.497 e. The van der Waals surface area contributed by atoms with E-state index in [1.165, 1.54) is 12.0 Å². The number of anilines is 1. The number of carbonyl (C=O) groups excluding carboxylic acids is 2. The summed E-state index contributed by atoms with van der Waals surface area (Å²) in [7, 11) is 3.08. The second-order valence-corrected chi connectivity index (χ2v) is 6.85. The van der Waals surface area contributed by atoms with Gasteiger partial charge in [0.05, 0.1) is 19.9 Å². The van der Waals surface area contributed by atoms with E-state index in [1.54, 1.807) is 31.4 Å². The minimum Gasteiger partial charge on any atom is -0.497 e. The van der Waals surface area contributed by atoms with Crippen molar-refractivity contribution in [3.8, 4) is 11.5 Å². The molecule has 0 N–H and O–H groups in total. The molecule has 2 aromatic rings. The average Bonchev–Trinajstić information content (AvgIpc) is 3.22. The zero-order chi connectivity index (χ0) is 20.0. The molecule has 2 heterocycles. The number of hydrogen-bond donors (Lipinski definition) is 0. The van der Waals surface area contributed by atoms with Gasteiger partial charge < -0.3 is 14.3 Å². The SMILES string of the molecule is COc1ccc(OC)c(C2=NO[C@H]3C(=O)N(c4ccc(C)cc4C)C(=O)[C@@H]23)c1. The first kappa shape index (κ1) is 18.0. The number of benzene rings is 2. The fraction of sp³-hybridized carbons (Fsp3) is 0.286. The van der Waals surface area contributed by atoms with Gasteiger partial charge in [0.2, 0.25) is 12.0 Å². The van der Waals surface area contributed by atoms with Crippen molar-refractivity contribution in [3.63, 3.8) is 0 Å². The van der Waals surface area contributed by atoms with E-state index >= 15 is 0 Å². The minimum atomic E-state index is -0.973. The van der Waals surface area contributed by atoms with Crippen molar-refractivity contribution in [1.82, 2.24) is 0 Å². The predicted octanol–water partition coefficient (Wildman–Crippen LogP) is 2.61. The zero-order valence-electron chi connectivity index (χ0n) is 16.1. The summed E-state index contributed by atoms with van der Waals surface area (Å²) in [5.74, 6) is -0.487. The van der Waals surface area contributed by atoms with Crippen LogP contribution in [0.1, 0.15) is 16.7 Å². The maximum Gasteiger partial charge on any atom is 0.278 e. The van der Waals surface area contributed by atoms with E-state index in [2.05, 4.69) is 5.16 Å². The molecule has 4 rings (SSSR count). The van der Waals surface area contributed by atoms with Crippen molar-refractivity contribution in [2.24, 2.45) is 11.1 Å². The van der Waals surface area contributed by atoms with Gasteiger partial charge in [0.25, 0.3) is 5.91 Å². The number of aryl methyl sites for hydroxylation is 2. The third kappa shape index (κ3) is 2.62. The lowest BCUT2D eigenvalue weighted by molar-refractivity contribution is -0.126. The number of rotatable bonds is 4. The predicted molar refractivity (Wildman–Crippen MR) is 103 cm³/mol. The number of imide groups is 1. The number of nitrogens with zero attached hydrogens (tertiary/aromatic N) is 2. The molecule has 0 saturated carbocycles. The maximum absolute atomic E-state index is 13.2. The van der Waals surface area contributed by atoms with Crippen molar-refractivity contribution < 1.29 is 23.9 Å².